The number of aliphatic carboxylic acids is 1. The van der Waals surface area contributed by atoms with Crippen molar-refractivity contribution in [3.63, 3.8) is 0 Å². The first kappa shape index (κ1) is 23.6. The van der Waals surface area contributed by atoms with Gasteiger partial charge in [0.2, 0.25) is 5.91 Å². The molecule has 3 aromatic rings. The van der Waals surface area contributed by atoms with E-state index in [1.54, 1.807) is 18.5 Å². The molecule has 35 heavy (non-hydrogen) atoms. The summed E-state index contributed by atoms with van der Waals surface area (Å²) in [6, 6.07) is 10.8. The van der Waals surface area contributed by atoms with E-state index in [1.807, 2.05) is 42.5 Å². The summed E-state index contributed by atoms with van der Waals surface area (Å²) in [5.41, 5.74) is 2.46. The molecular formula is C24H20N4O4S3. The van der Waals surface area contributed by atoms with Crippen LogP contribution in [0.2, 0.25) is 0 Å². The highest BCUT2D eigenvalue weighted by Crippen LogP contribution is 2.40. The van der Waals surface area contributed by atoms with Gasteiger partial charge in [0.25, 0.3) is 5.91 Å². The second kappa shape index (κ2) is 10.2. The quantitative estimate of drug-likeness (QED) is 0.341. The monoisotopic (exact) mass is 524 g/mol. The van der Waals surface area contributed by atoms with Crippen LogP contribution in [0.5, 0.6) is 0 Å². The van der Waals surface area contributed by atoms with Crippen LogP contribution in [0, 0.1) is 0 Å². The van der Waals surface area contributed by atoms with E-state index in [-0.39, 0.29) is 17.4 Å². The Bertz CT molecular complexity index is 1320. The smallest absolute Gasteiger partial charge is 0.352 e. The molecule has 4 heterocycles. The normalized spacial score (nSPS) is 19.7. The number of aromatic nitrogens is 2. The van der Waals surface area contributed by atoms with Crippen molar-refractivity contribution < 1.29 is 19.5 Å². The van der Waals surface area contributed by atoms with Crippen molar-refractivity contribution in [2.45, 2.75) is 22.2 Å². The molecular weight excluding hydrogens is 504 g/mol. The summed E-state index contributed by atoms with van der Waals surface area (Å²) in [6.45, 7) is 0. The van der Waals surface area contributed by atoms with Crippen LogP contribution in [0.15, 0.2) is 76.6 Å². The van der Waals surface area contributed by atoms with Crippen LogP contribution in [0.1, 0.15) is 5.56 Å². The number of amides is 2. The number of nitrogens with one attached hydrogen (secondary N) is 1. The van der Waals surface area contributed by atoms with Crippen LogP contribution < -0.4 is 5.32 Å². The SMILES string of the molecule is O=C(CSc1nc2ccccc2s1)N[C@@H]1C(=O)N2C(C(=O)O)=C(C=CCc3cccnc3)CS[C@H]12. The number of nitrogens with zero attached hydrogens (tertiary/aromatic N) is 3. The van der Waals surface area contributed by atoms with Gasteiger partial charge < -0.3 is 10.4 Å². The second-order valence-corrected chi connectivity index (χ2v) is 11.2. The summed E-state index contributed by atoms with van der Waals surface area (Å²) >= 11 is 4.29. The molecule has 0 radical (unpaired) electrons. The number of carbonyl (C=O) groups is 3. The molecule has 0 saturated carbocycles. The van der Waals surface area contributed by atoms with Crippen molar-refractivity contribution in [1.29, 1.82) is 0 Å². The van der Waals surface area contributed by atoms with Crippen molar-refractivity contribution in [2.75, 3.05) is 11.5 Å². The third-order valence-electron chi connectivity index (χ3n) is 5.51. The number of allylic oxidation sites excluding steroid dienone is 2. The number of carbonyl (C=O) groups excluding carboxylic acids is 2. The number of para-hydroxylation sites is 1. The number of β-lactam (4-membered cyclic amide) rings is 1. The van der Waals surface area contributed by atoms with Gasteiger partial charge in [0.05, 0.1) is 16.0 Å². The highest BCUT2D eigenvalue weighted by molar-refractivity contribution is 8.01. The molecule has 1 fully saturated rings. The van der Waals surface area contributed by atoms with Crippen molar-refractivity contribution in [3.8, 4) is 0 Å². The molecule has 178 valence electrons. The van der Waals surface area contributed by atoms with Crippen LogP contribution in [0.25, 0.3) is 10.2 Å². The van der Waals surface area contributed by atoms with Crippen LogP contribution in [0.3, 0.4) is 0 Å². The average molecular weight is 525 g/mol. The molecule has 2 aliphatic rings. The summed E-state index contributed by atoms with van der Waals surface area (Å²) in [7, 11) is 0. The minimum Gasteiger partial charge on any atom is -0.477 e. The van der Waals surface area contributed by atoms with E-state index in [0.29, 0.717) is 17.7 Å². The van der Waals surface area contributed by atoms with Gasteiger partial charge in [-0.05, 0) is 35.8 Å². The number of benzene rings is 1. The fourth-order valence-corrected chi connectivity index (χ4v) is 7.08. The van der Waals surface area contributed by atoms with Crippen molar-refractivity contribution in [1.82, 2.24) is 20.2 Å². The van der Waals surface area contributed by atoms with E-state index in [4.69, 9.17) is 0 Å². The van der Waals surface area contributed by atoms with E-state index in [1.165, 1.54) is 39.8 Å². The second-order valence-electron chi connectivity index (χ2n) is 7.84. The lowest BCUT2D eigenvalue weighted by molar-refractivity contribution is -0.150. The van der Waals surface area contributed by atoms with Crippen molar-refractivity contribution in [3.05, 3.63) is 77.8 Å². The lowest BCUT2D eigenvalue weighted by Gasteiger charge is -2.49. The summed E-state index contributed by atoms with van der Waals surface area (Å²) in [4.78, 5) is 47.2. The zero-order valence-corrected chi connectivity index (χ0v) is 20.7. The Hall–Kier alpha value is -3.15. The van der Waals surface area contributed by atoms with E-state index in [9.17, 15) is 19.5 Å². The Labute approximate surface area is 213 Å². The molecule has 0 bridgehead atoms. The maximum Gasteiger partial charge on any atom is 0.352 e. The Morgan fingerprint density at radius 3 is 2.89 bits per heavy atom. The minimum atomic E-state index is -1.15. The van der Waals surface area contributed by atoms with Gasteiger partial charge in [-0.15, -0.1) is 23.1 Å². The number of hydrogen-bond acceptors (Lipinski definition) is 8. The predicted octanol–water partition coefficient (Wildman–Crippen LogP) is 3.32. The van der Waals surface area contributed by atoms with Gasteiger partial charge in [-0.1, -0.05) is 42.1 Å². The van der Waals surface area contributed by atoms with Crippen LogP contribution in [0.4, 0.5) is 0 Å². The standard InChI is InChI=1S/C24H20N4O4S3/c29-18(13-34-24-26-16-8-1-2-9-17(16)35-24)27-19-21(30)28-20(23(31)32)15(12-33-22(19)28)7-3-5-14-6-4-10-25-11-14/h1-4,6-11,19,22H,5,12-13H2,(H,27,29)(H,31,32)/t19-,22-/m1/s1. The molecule has 2 aliphatic heterocycles. The van der Waals surface area contributed by atoms with Crippen LogP contribution in [-0.2, 0) is 20.8 Å². The Kier molecular flexibility index (Phi) is 6.89. The van der Waals surface area contributed by atoms with Gasteiger partial charge in [-0.25, -0.2) is 9.78 Å². The first-order chi connectivity index (χ1) is 17.0. The highest BCUT2D eigenvalue weighted by Gasteiger charge is 2.53. The Morgan fingerprint density at radius 1 is 1.26 bits per heavy atom. The fraction of sp³-hybridized carbons (Fsp3) is 0.208. The molecule has 2 atom stereocenters. The maximum absolute atomic E-state index is 12.8. The third-order valence-corrected chi connectivity index (χ3v) is 8.99. The summed E-state index contributed by atoms with van der Waals surface area (Å²) in [5.74, 6) is -1.27. The van der Waals surface area contributed by atoms with Gasteiger partial charge in [-0.3, -0.25) is 19.5 Å². The van der Waals surface area contributed by atoms with Gasteiger partial charge in [0.15, 0.2) is 4.34 Å². The zero-order valence-electron chi connectivity index (χ0n) is 18.3. The van der Waals surface area contributed by atoms with E-state index < -0.39 is 23.3 Å². The minimum absolute atomic E-state index is 0.0180. The molecule has 0 aliphatic carbocycles. The molecule has 1 saturated heterocycles. The van der Waals surface area contributed by atoms with Crippen molar-refractivity contribution in [2.24, 2.45) is 0 Å². The van der Waals surface area contributed by atoms with Crippen LogP contribution >= 0.6 is 34.9 Å². The van der Waals surface area contributed by atoms with Gasteiger partial charge in [-0.2, -0.15) is 0 Å². The molecule has 2 aromatic heterocycles. The summed E-state index contributed by atoms with van der Waals surface area (Å²) in [5, 5.41) is 12.1. The van der Waals surface area contributed by atoms with E-state index >= 15 is 0 Å². The number of pyridine rings is 1. The van der Waals surface area contributed by atoms with Gasteiger partial charge >= 0.3 is 5.97 Å². The van der Waals surface area contributed by atoms with E-state index in [2.05, 4.69) is 15.3 Å². The van der Waals surface area contributed by atoms with Gasteiger partial charge in [0, 0.05) is 18.1 Å². The first-order valence-electron chi connectivity index (χ1n) is 10.8. The molecule has 11 heteroatoms. The first-order valence-corrected chi connectivity index (χ1v) is 13.6. The molecule has 0 spiro atoms. The number of fused-ring (bicyclic) bond motifs is 2. The number of thioether (sulfide) groups is 2. The third kappa shape index (κ3) is 4.97. The van der Waals surface area contributed by atoms with Crippen LogP contribution in [-0.4, -0.2) is 60.7 Å². The highest BCUT2D eigenvalue weighted by atomic mass is 32.2. The number of carboxylic acids is 1. The summed E-state index contributed by atoms with van der Waals surface area (Å²) in [6.07, 6.45) is 7.69. The van der Waals surface area contributed by atoms with Crippen molar-refractivity contribution >= 4 is 62.9 Å². The molecule has 0 unspecified atom stereocenters. The zero-order chi connectivity index (χ0) is 24.4. The number of rotatable bonds is 8. The predicted molar refractivity (Wildman–Crippen MR) is 137 cm³/mol. The van der Waals surface area contributed by atoms with Gasteiger partial charge in [0.1, 0.15) is 17.1 Å². The Balaban J connectivity index is 1.21. The lowest BCUT2D eigenvalue weighted by atomic mass is 10.0. The molecule has 8 nitrogen and oxygen atoms in total. The molecule has 2 N–H and O–H groups in total. The largest absolute Gasteiger partial charge is 0.477 e. The number of thiazole rings is 1. The number of carboxylic acid groups (broad SMARTS) is 1. The lowest BCUT2D eigenvalue weighted by Crippen LogP contribution is -2.70. The molecule has 2 amide bonds. The topological polar surface area (TPSA) is 112 Å². The molecule has 1 aromatic carbocycles. The fourth-order valence-electron chi connectivity index (χ4n) is 3.88. The Morgan fingerprint density at radius 2 is 2.11 bits per heavy atom. The van der Waals surface area contributed by atoms with E-state index in [0.717, 1.165) is 20.1 Å². The molecule has 5 rings (SSSR count). The maximum atomic E-state index is 12.8. The summed E-state index contributed by atoms with van der Waals surface area (Å²) < 4.78 is 1.84. The number of hydrogen-bond donors (Lipinski definition) is 2. The average Bonchev–Trinajstić information content (AvgIpc) is 3.29.